The van der Waals surface area contributed by atoms with Gasteiger partial charge in [-0.25, -0.2) is 0 Å². The lowest BCUT2D eigenvalue weighted by Crippen LogP contribution is -2.49. The molecule has 0 heterocycles. The minimum atomic E-state index is -0.589. The van der Waals surface area contributed by atoms with Crippen LogP contribution in [0.25, 0.3) is 0 Å². The van der Waals surface area contributed by atoms with E-state index in [1.807, 2.05) is 62.4 Å². The first-order valence-corrected chi connectivity index (χ1v) is 10.7. The molecule has 2 aromatic carbocycles. The van der Waals surface area contributed by atoms with Crippen molar-refractivity contribution in [3.05, 3.63) is 65.2 Å². The molecule has 5 nitrogen and oxygen atoms in total. The Morgan fingerprint density at radius 3 is 2.47 bits per heavy atom. The van der Waals surface area contributed by atoms with Crippen LogP contribution in [0.2, 0.25) is 0 Å². The Kier molecular flexibility index (Phi) is 8.90. The van der Waals surface area contributed by atoms with E-state index in [1.165, 1.54) is 0 Å². The summed E-state index contributed by atoms with van der Waals surface area (Å²) in [7, 11) is 0. The molecule has 0 fully saturated rings. The fourth-order valence-electron chi connectivity index (χ4n) is 3.30. The number of benzene rings is 2. The average molecular weight is 411 g/mol. The molecule has 0 radical (unpaired) electrons. The van der Waals surface area contributed by atoms with Gasteiger partial charge in [0.15, 0.2) is 6.61 Å². The zero-order valence-corrected chi connectivity index (χ0v) is 18.8. The maximum absolute atomic E-state index is 13.1. The molecule has 0 bridgehead atoms. The molecule has 0 saturated carbocycles. The Morgan fingerprint density at radius 2 is 1.80 bits per heavy atom. The largest absolute Gasteiger partial charge is 0.483 e. The van der Waals surface area contributed by atoms with E-state index in [0.717, 1.165) is 23.1 Å². The molecule has 0 aliphatic heterocycles. The van der Waals surface area contributed by atoms with Crippen LogP contribution in [0.3, 0.4) is 0 Å². The first kappa shape index (κ1) is 23.5. The molecule has 2 aromatic rings. The summed E-state index contributed by atoms with van der Waals surface area (Å²) < 4.78 is 5.89. The van der Waals surface area contributed by atoms with E-state index < -0.39 is 6.04 Å². The van der Waals surface area contributed by atoms with Crippen LogP contribution < -0.4 is 10.1 Å². The first-order chi connectivity index (χ1) is 14.3. The number of ether oxygens (including phenoxy) is 1. The molecule has 1 N–H and O–H groups in total. The third-order valence-electron chi connectivity index (χ3n) is 5.04. The quantitative estimate of drug-likeness (QED) is 0.630. The molecule has 162 valence electrons. The van der Waals surface area contributed by atoms with E-state index in [0.29, 0.717) is 24.8 Å². The molecule has 30 heavy (non-hydrogen) atoms. The molecule has 0 aliphatic carbocycles. The molecule has 0 saturated heterocycles. The summed E-state index contributed by atoms with van der Waals surface area (Å²) in [5.74, 6) is 0.632. The highest BCUT2D eigenvalue weighted by Crippen LogP contribution is 2.26. The number of amides is 2. The van der Waals surface area contributed by atoms with Gasteiger partial charge in [-0.2, -0.15) is 0 Å². The number of rotatable bonds is 10. The van der Waals surface area contributed by atoms with Crippen molar-refractivity contribution in [2.45, 2.75) is 59.5 Å². The maximum Gasteiger partial charge on any atom is 0.261 e. The number of para-hydroxylation sites is 1. The fourth-order valence-corrected chi connectivity index (χ4v) is 3.30. The molecule has 5 heteroatoms. The first-order valence-electron chi connectivity index (χ1n) is 10.7. The van der Waals surface area contributed by atoms with Gasteiger partial charge in [0, 0.05) is 13.1 Å². The summed E-state index contributed by atoms with van der Waals surface area (Å²) in [6.45, 7) is 10.8. The Bertz CT molecular complexity index is 848. The van der Waals surface area contributed by atoms with E-state index in [4.69, 9.17) is 4.74 Å². The minimum absolute atomic E-state index is 0.110. The van der Waals surface area contributed by atoms with Crippen molar-refractivity contribution in [3.8, 4) is 5.75 Å². The van der Waals surface area contributed by atoms with E-state index in [9.17, 15) is 9.59 Å². The van der Waals surface area contributed by atoms with E-state index >= 15 is 0 Å². The van der Waals surface area contributed by atoms with Gasteiger partial charge in [-0.3, -0.25) is 9.59 Å². The molecule has 0 aromatic heterocycles. The van der Waals surface area contributed by atoms with Crippen LogP contribution in [-0.4, -0.2) is 35.9 Å². The van der Waals surface area contributed by atoms with Gasteiger partial charge in [0.25, 0.3) is 5.91 Å². The smallest absolute Gasteiger partial charge is 0.261 e. The van der Waals surface area contributed by atoms with Gasteiger partial charge in [-0.15, -0.1) is 0 Å². The summed E-state index contributed by atoms with van der Waals surface area (Å²) in [5, 5.41) is 2.89. The van der Waals surface area contributed by atoms with Gasteiger partial charge in [0.1, 0.15) is 11.8 Å². The second kappa shape index (κ2) is 11.4. The number of carbonyl (C=O) groups is 2. The number of carbonyl (C=O) groups excluding carboxylic acids is 2. The summed E-state index contributed by atoms with van der Waals surface area (Å²) in [4.78, 5) is 27.3. The number of nitrogens with one attached hydrogen (secondary N) is 1. The Balaban J connectivity index is 2.18. The second-order valence-electron chi connectivity index (χ2n) is 7.96. The topological polar surface area (TPSA) is 58.6 Å². The van der Waals surface area contributed by atoms with Crippen LogP contribution in [0.4, 0.5) is 0 Å². The van der Waals surface area contributed by atoms with Crippen molar-refractivity contribution in [3.63, 3.8) is 0 Å². The molecule has 0 aliphatic rings. The summed E-state index contributed by atoms with van der Waals surface area (Å²) >= 11 is 0. The van der Waals surface area contributed by atoms with Crippen LogP contribution in [0, 0.1) is 6.92 Å². The van der Waals surface area contributed by atoms with Crippen LogP contribution in [0.15, 0.2) is 48.5 Å². The molecule has 2 rings (SSSR count). The predicted molar refractivity (Wildman–Crippen MR) is 121 cm³/mol. The summed E-state index contributed by atoms with van der Waals surface area (Å²) in [5.41, 5.74) is 3.16. The van der Waals surface area contributed by atoms with Crippen molar-refractivity contribution >= 4 is 11.8 Å². The maximum atomic E-state index is 13.1. The normalized spacial score (nSPS) is 11.8. The van der Waals surface area contributed by atoms with Crippen molar-refractivity contribution in [1.29, 1.82) is 0 Å². The zero-order chi connectivity index (χ0) is 22.1. The van der Waals surface area contributed by atoms with E-state index in [1.54, 1.807) is 11.8 Å². The molecule has 0 unspecified atom stereocenters. The third-order valence-corrected chi connectivity index (χ3v) is 5.04. The highest BCUT2D eigenvalue weighted by molar-refractivity contribution is 5.88. The van der Waals surface area contributed by atoms with Crippen molar-refractivity contribution < 1.29 is 14.3 Å². The fraction of sp³-hybridized carbons (Fsp3) is 0.440. The van der Waals surface area contributed by atoms with Gasteiger partial charge < -0.3 is 15.0 Å². The Hall–Kier alpha value is -2.82. The van der Waals surface area contributed by atoms with Gasteiger partial charge in [0.2, 0.25) is 5.91 Å². The molecule has 1 atom stereocenters. The second-order valence-corrected chi connectivity index (χ2v) is 7.96. The molecular formula is C25H34N2O3. The van der Waals surface area contributed by atoms with Gasteiger partial charge in [-0.05, 0) is 43.4 Å². The minimum Gasteiger partial charge on any atom is -0.483 e. The van der Waals surface area contributed by atoms with E-state index in [-0.39, 0.29) is 18.4 Å². The SMILES string of the molecule is CCCNC(=O)[C@@H](C)N(Cc1cccc(C)c1)C(=O)COc1ccccc1C(C)C. The lowest BCUT2D eigenvalue weighted by Gasteiger charge is -2.29. The standard InChI is InChI=1S/C25H34N2O3/c1-6-14-26-25(29)20(5)27(16-21-11-9-10-19(4)15-21)24(28)17-30-23-13-8-7-12-22(23)18(2)3/h7-13,15,18,20H,6,14,16-17H2,1-5H3,(H,26,29)/t20-/m1/s1. The Labute approximate surface area is 180 Å². The van der Waals surface area contributed by atoms with Crippen molar-refractivity contribution in [2.24, 2.45) is 0 Å². The number of nitrogens with zero attached hydrogens (tertiary/aromatic N) is 1. The van der Waals surface area contributed by atoms with Gasteiger partial charge >= 0.3 is 0 Å². The van der Waals surface area contributed by atoms with Gasteiger partial charge in [-0.1, -0.05) is 68.8 Å². The highest BCUT2D eigenvalue weighted by Gasteiger charge is 2.26. The lowest BCUT2D eigenvalue weighted by molar-refractivity contribution is -0.142. The predicted octanol–water partition coefficient (Wildman–Crippen LogP) is 4.44. The van der Waals surface area contributed by atoms with Gasteiger partial charge in [0.05, 0.1) is 0 Å². The van der Waals surface area contributed by atoms with Crippen LogP contribution in [0.5, 0.6) is 5.75 Å². The number of hydrogen-bond donors (Lipinski definition) is 1. The Morgan fingerprint density at radius 1 is 1.07 bits per heavy atom. The van der Waals surface area contributed by atoms with E-state index in [2.05, 4.69) is 19.2 Å². The van der Waals surface area contributed by atoms with Crippen LogP contribution in [0.1, 0.15) is 56.7 Å². The van der Waals surface area contributed by atoms with Crippen molar-refractivity contribution in [2.75, 3.05) is 13.2 Å². The number of aryl methyl sites for hydroxylation is 1. The lowest BCUT2D eigenvalue weighted by atomic mass is 10.0. The van der Waals surface area contributed by atoms with Crippen LogP contribution in [-0.2, 0) is 16.1 Å². The zero-order valence-electron chi connectivity index (χ0n) is 18.8. The highest BCUT2D eigenvalue weighted by atomic mass is 16.5. The van der Waals surface area contributed by atoms with Crippen LogP contribution >= 0.6 is 0 Å². The molecule has 0 spiro atoms. The third kappa shape index (κ3) is 6.61. The molecular weight excluding hydrogens is 376 g/mol. The number of hydrogen-bond acceptors (Lipinski definition) is 3. The summed E-state index contributed by atoms with van der Waals surface area (Å²) in [6.07, 6.45) is 0.847. The molecule has 2 amide bonds. The average Bonchev–Trinajstić information content (AvgIpc) is 2.73. The monoisotopic (exact) mass is 410 g/mol. The van der Waals surface area contributed by atoms with Crippen molar-refractivity contribution in [1.82, 2.24) is 10.2 Å². The summed E-state index contributed by atoms with van der Waals surface area (Å²) in [6, 6.07) is 15.1.